The van der Waals surface area contributed by atoms with Crippen molar-refractivity contribution < 1.29 is 19.7 Å². The second kappa shape index (κ2) is 6.40. The van der Waals surface area contributed by atoms with Crippen molar-refractivity contribution >= 4 is 17.3 Å². The van der Waals surface area contributed by atoms with E-state index in [1.54, 1.807) is 0 Å². The minimum Gasteiger partial charge on any atom is -0.389 e. The maximum atomic E-state index is 12.7. The Morgan fingerprint density at radius 1 is 1.12 bits per heavy atom. The van der Waals surface area contributed by atoms with E-state index < -0.39 is 32.7 Å². The first kappa shape index (κ1) is 17.3. The largest absolute Gasteiger partial charge is 0.389 e. The average Bonchev–Trinajstić information content (AvgIpc) is 2.59. The van der Waals surface area contributed by atoms with E-state index in [0.29, 0.717) is 19.5 Å². The van der Waals surface area contributed by atoms with Crippen LogP contribution < -0.4 is 0 Å². The molecule has 0 aromatic heterocycles. The van der Waals surface area contributed by atoms with Gasteiger partial charge in [0.1, 0.15) is 0 Å². The number of aliphatic hydroxyl groups is 1. The zero-order valence-corrected chi connectivity index (χ0v) is 13.6. The van der Waals surface area contributed by atoms with E-state index in [2.05, 4.69) is 0 Å². The Hall–Kier alpha value is -2.55. The summed E-state index contributed by atoms with van der Waals surface area (Å²) < 4.78 is 0. The van der Waals surface area contributed by atoms with Crippen molar-refractivity contribution in [3.8, 4) is 0 Å². The van der Waals surface area contributed by atoms with Gasteiger partial charge in [-0.15, -0.1) is 0 Å². The van der Waals surface area contributed by atoms with Gasteiger partial charge in [-0.05, 0) is 19.3 Å². The Kier molecular flexibility index (Phi) is 4.42. The topological polar surface area (TPSA) is 127 Å². The first-order chi connectivity index (χ1) is 11.8. The third-order valence-corrected chi connectivity index (χ3v) is 5.29. The highest BCUT2D eigenvalue weighted by Crippen LogP contribution is 2.40. The summed E-state index contributed by atoms with van der Waals surface area (Å²) in [6.07, 6.45) is 3.98. The number of fused-ring (bicyclic) bond motifs is 1. The summed E-state index contributed by atoms with van der Waals surface area (Å²) in [5.41, 5.74) is -1.78. The molecule has 0 spiro atoms. The predicted octanol–water partition coefficient (Wildman–Crippen LogP) is 2.27. The molecule has 2 fully saturated rings. The van der Waals surface area contributed by atoms with Gasteiger partial charge in [-0.2, -0.15) is 0 Å². The van der Waals surface area contributed by atoms with Crippen LogP contribution in [0.1, 0.15) is 42.5 Å². The predicted molar refractivity (Wildman–Crippen MR) is 87.2 cm³/mol. The van der Waals surface area contributed by atoms with Gasteiger partial charge in [-0.1, -0.05) is 12.8 Å². The van der Waals surface area contributed by atoms with Crippen LogP contribution in [-0.2, 0) is 0 Å². The van der Waals surface area contributed by atoms with Gasteiger partial charge in [0.2, 0.25) is 0 Å². The van der Waals surface area contributed by atoms with E-state index in [0.717, 1.165) is 43.9 Å². The molecule has 25 heavy (non-hydrogen) atoms. The minimum atomic E-state index is -0.750. The second-order valence-electron chi connectivity index (χ2n) is 6.80. The molecule has 0 bridgehead atoms. The van der Waals surface area contributed by atoms with Crippen LogP contribution in [0.2, 0.25) is 0 Å². The molecule has 1 amide bonds. The van der Waals surface area contributed by atoms with Gasteiger partial charge >= 0.3 is 0 Å². The molecule has 0 radical (unpaired) electrons. The molecule has 2 aliphatic rings. The number of nitro groups is 2. The number of hydrogen-bond donors (Lipinski definition) is 1. The van der Waals surface area contributed by atoms with Gasteiger partial charge in [-0.25, -0.2) is 0 Å². The van der Waals surface area contributed by atoms with Crippen molar-refractivity contribution in [2.24, 2.45) is 5.92 Å². The van der Waals surface area contributed by atoms with E-state index in [9.17, 15) is 30.1 Å². The summed E-state index contributed by atoms with van der Waals surface area (Å²) in [7, 11) is 0. The fourth-order valence-electron chi connectivity index (χ4n) is 3.87. The lowest BCUT2D eigenvalue weighted by molar-refractivity contribution is -0.394. The Labute approximate surface area is 143 Å². The molecule has 1 heterocycles. The SMILES string of the molecule is O=C(c1cc([N+](=O)[O-])cc([N+](=O)[O-])c1)N1CC[C@@]2(O)CCCC[C@H]2C1. The Balaban J connectivity index is 1.86. The van der Waals surface area contributed by atoms with Crippen molar-refractivity contribution in [2.45, 2.75) is 37.7 Å². The van der Waals surface area contributed by atoms with E-state index >= 15 is 0 Å². The van der Waals surface area contributed by atoms with E-state index in [-0.39, 0.29) is 11.5 Å². The maximum absolute atomic E-state index is 12.7. The van der Waals surface area contributed by atoms with E-state index in [1.165, 1.54) is 4.90 Å². The number of benzene rings is 1. The average molecular weight is 349 g/mol. The van der Waals surface area contributed by atoms with Gasteiger partial charge in [0.15, 0.2) is 0 Å². The molecule has 2 atom stereocenters. The number of piperidine rings is 1. The second-order valence-corrected chi connectivity index (χ2v) is 6.80. The third kappa shape index (κ3) is 3.32. The van der Waals surface area contributed by atoms with Gasteiger partial charge in [0, 0.05) is 31.1 Å². The molecule has 1 aliphatic heterocycles. The van der Waals surface area contributed by atoms with Gasteiger partial charge in [0.05, 0.1) is 27.1 Å². The minimum absolute atomic E-state index is 0.0207. The molecule has 134 valence electrons. The number of carbonyl (C=O) groups is 1. The van der Waals surface area contributed by atoms with Crippen LogP contribution in [0, 0.1) is 26.1 Å². The molecule has 9 nitrogen and oxygen atoms in total. The van der Waals surface area contributed by atoms with Crippen LogP contribution in [-0.4, -0.2) is 44.5 Å². The lowest BCUT2D eigenvalue weighted by Crippen LogP contribution is -2.54. The summed E-state index contributed by atoms with van der Waals surface area (Å²) in [4.78, 5) is 34.7. The van der Waals surface area contributed by atoms with Gasteiger partial charge < -0.3 is 10.0 Å². The summed E-state index contributed by atoms with van der Waals surface area (Å²) in [6, 6.07) is 2.97. The van der Waals surface area contributed by atoms with Crippen LogP contribution in [0.4, 0.5) is 11.4 Å². The number of amides is 1. The molecular formula is C16H19N3O6. The van der Waals surface area contributed by atoms with Crippen LogP contribution in [0.5, 0.6) is 0 Å². The standard InChI is InChI=1S/C16H19N3O6/c20-15(11-7-13(18(22)23)9-14(8-11)19(24)25)17-6-5-16(21)4-2-1-3-12(16)10-17/h7-9,12,21H,1-6,10H2/t12-,16-/m0/s1. The highest BCUT2D eigenvalue weighted by molar-refractivity contribution is 5.95. The quantitative estimate of drug-likeness (QED) is 0.659. The zero-order valence-electron chi connectivity index (χ0n) is 13.6. The Morgan fingerprint density at radius 3 is 2.36 bits per heavy atom. The first-order valence-electron chi connectivity index (χ1n) is 8.26. The molecule has 1 aromatic carbocycles. The van der Waals surface area contributed by atoms with Gasteiger partial charge in [-0.3, -0.25) is 25.0 Å². The monoisotopic (exact) mass is 349 g/mol. The molecule has 1 saturated heterocycles. The van der Waals surface area contributed by atoms with Crippen LogP contribution in [0.15, 0.2) is 18.2 Å². The number of hydrogen-bond acceptors (Lipinski definition) is 6. The summed E-state index contributed by atoms with van der Waals surface area (Å²) in [5, 5.41) is 32.6. The van der Waals surface area contributed by atoms with Gasteiger partial charge in [0.25, 0.3) is 17.3 Å². The van der Waals surface area contributed by atoms with Crippen LogP contribution in [0.3, 0.4) is 0 Å². The van der Waals surface area contributed by atoms with Crippen LogP contribution in [0.25, 0.3) is 0 Å². The molecule has 1 saturated carbocycles. The van der Waals surface area contributed by atoms with Crippen molar-refractivity contribution in [1.29, 1.82) is 0 Å². The molecule has 9 heteroatoms. The number of non-ortho nitro benzene ring substituents is 2. The number of carbonyl (C=O) groups excluding carboxylic acids is 1. The highest BCUT2D eigenvalue weighted by atomic mass is 16.6. The lowest BCUT2D eigenvalue weighted by Gasteiger charge is -2.47. The molecule has 0 unspecified atom stereocenters. The number of likely N-dealkylation sites (tertiary alicyclic amines) is 1. The third-order valence-electron chi connectivity index (χ3n) is 5.29. The molecular weight excluding hydrogens is 330 g/mol. The van der Waals surface area contributed by atoms with E-state index in [1.807, 2.05) is 0 Å². The number of rotatable bonds is 3. The van der Waals surface area contributed by atoms with Crippen molar-refractivity contribution in [2.75, 3.05) is 13.1 Å². The number of nitrogens with zero attached hydrogens (tertiary/aromatic N) is 3. The maximum Gasteiger partial charge on any atom is 0.277 e. The van der Waals surface area contributed by atoms with Crippen molar-refractivity contribution in [3.63, 3.8) is 0 Å². The fraction of sp³-hybridized carbons (Fsp3) is 0.562. The molecule has 3 rings (SSSR count). The Bertz CT molecular complexity index is 704. The lowest BCUT2D eigenvalue weighted by atomic mass is 9.71. The number of nitro benzene ring substituents is 2. The van der Waals surface area contributed by atoms with Crippen molar-refractivity contribution in [3.05, 3.63) is 44.0 Å². The first-order valence-corrected chi connectivity index (χ1v) is 8.26. The Morgan fingerprint density at radius 2 is 1.76 bits per heavy atom. The highest BCUT2D eigenvalue weighted by Gasteiger charge is 2.44. The molecule has 1 aromatic rings. The molecule has 1 aliphatic carbocycles. The fourth-order valence-corrected chi connectivity index (χ4v) is 3.87. The van der Waals surface area contributed by atoms with E-state index in [4.69, 9.17) is 0 Å². The summed E-state index contributed by atoms with van der Waals surface area (Å²) in [6.45, 7) is 0.703. The summed E-state index contributed by atoms with van der Waals surface area (Å²) in [5.74, 6) is -0.493. The van der Waals surface area contributed by atoms with Crippen LogP contribution >= 0.6 is 0 Å². The molecule has 1 N–H and O–H groups in total. The smallest absolute Gasteiger partial charge is 0.277 e. The zero-order chi connectivity index (χ0) is 18.2. The van der Waals surface area contributed by atoms with Crippen molar-refractivity contribution in [1.82, 2.24) is 4.90 Å². The normalized spacial score (nSPS) is 26.0. The summed E-state index contributed by atoms with van der Waals surface area (Å²) >= 11 is 0.